The Morgan fingerprint density at radius 1 is 1.00 bits per heavy atom. The highest BCUT2D eigenvalue weighted by Crippen LogP contribution is 2.30. The summed E-state index contributed by atoms with van der Waals surface area (Å²) in [4.78, 5) is 4.30. The molecule has 2 aromatic rings. The van der Waals surface area contributed by atoms with Gasteiger partial charge in [-0.25, -0.2) is 0 Å². The van der Waals surface area contributed by atoms with Crippen molar-refractivity contribution in [2.24, 2.45) is 4.99 Å². The van der Waals surface area contributed by atoms with Crippen LogP contribution in [0, 0.1) is 0 Å². The first kappa shape index (κ1) is 20.6. The molecule has 0 atom stereocenters. The first-order valence-electron chi connectivity index (χ1n) is 9.14. The van der Waals surface area contributed by atoms with Crippen LogP contribution < -0.4 is 20.1 Å². The summed E-state index contributed by atoms with van der Waals surface area (Å²) in [5.41, 5.74) is 3.22. The van der Waals surface area contributed by atoms with Crippen LogP contribution in [0.25, 0.3) is 0 Å². The molecule has 0 radical (unpaired) electrons. The van der Waals surface area contributed by atoms with Gasteiger partial charge >= 0.3 is 0 Å². The van der Waals surface area contributed by atoms with Crippen molar-refractivity contribution < 1.29 is 14.2 Å². The monoisotopic (exact) mass is 371 g/mol. The molecule has 0 aliphatic carbocycles. The van der Waals surface area contributed by atoms with Crippen LogP contribution in [-0.2, 0) is 17.9 Å². The van der Waals surface area contributed by atoms with Crippen molar-refractivity contribution in [3.63, 3.8) is 0 Å². The molecule has 2 aromatic carbocycles. The lowest BCUT2D eigenvalue weighted by Gasteiger charge is -2.16. The van der Waals surface area contributed by atoms with Crippen LogP contribution in [0.4, 0.5) is 5.69 Å². The molecule has 0 aromatic heterocycles. The van der Waals surface area contributed by atoms with Crippen molar-refractivity contribution in [3.8, 4) is 11.5 Å². The first-order chi connectivity index (χ1) is 13.2. The Hall–Kier alpha value is -2.73. The van der Waals surface area contributed by atoms with Gasteiger partial charge in [0.05, 0.1) is 20.3 Å². The zero-order chi connectivity index (χ0) is 19.5. The van der Waals surface area contributed by atoms with Crippen LogP contribution in [0.15, 0.2) is 47.5 Å². The molecular formula is C21H29N3O3. The van der Waals surface area contributed by atoms with Crippen LogP contribution in [0.2, 0.25) is 0 Å². The van der Waals surface area contributed by atoms with Gasteiger partial charge in [0.15, 0.2) is 17.5 Å². The van der Waals surface area contributed by atoms with E-state index in [1.54, 1.807) is 14.2 Å². The predicted octanol–water partition coefficient (Wildman–Crippen LogP) is 3.82. The molecule has 0 saturated carbocycles. The second kappa shape index (κ2) is 11.1. The fraction of sp³-hybridized carbons (Fsp3) is 0.381. The van der Waals surface area contributed by atoms with E-state index in [0.717, 1.165) is 5.69 Å². The Morgan fingerprint density at radius 3 is 2.44 bits per heavy atom. The minimum absolute atomic E-state index is 0.573. The van der Waals surface area contributed by atoms with Crippen molar-refractivity contribution in [3.05, 3.63) is 53.6 Å². The fourth-order valence-corrected chi connectivity index (χ4v) is 2.60. The van der Waals surface area contributed by atoms with E-state index in [2.05, 4.69) is 27.8 Å². The molecule has 0 fully saturated rings. The summed E-state index contributed by atoms with van der Waals surface area (Å²) in [7, 11) is 3.37. The highest BCUT2D eigenvalue weighted by Gasteiger charge is 2.08. The van der Waals surface area contributed by atoms with E-state index < -0.39 is 0 Å². The molecule has 6 heteroatoms. The van der Waals surface area contributed by atoms with Crippen molar-refractivity contribution in [1.82, 2.24) is 5.32 Å². The van der Waals surface area contributed by atoms with Crippen molar-refractivity contribution in [2.75, 3.05) is 32.7 Å². The summed E-state index contributed by atoms with van der Waals surface area (Å²) < 4.78 is 16.5. The van der Waals surface area contributed by atoms with E-state index in [4.69, 9.17) is 14.2 Å². The molecule has 0 amide bonds. The van der Waals surface area contributed by atoms with E-state index in [9.17, 15) is 0 Å². The number of aliphatic imine (C=N–C) groups is 1. The first-order valence-corrected chi connectivity index (χ1v) is 9.14. The molecule has 0 saturated heterocycles. The number of ether oxygens (including phenoxy) is 3. The maximum Gasteiger partial charge on any atom is 0.195 e. The molecule has 146 valence electrons. The number of methoxy groups -OCH3 is 1. The Morgan fingerprint density at radius 2 is 1.78 bits per heavy atom. The number of nitrogens with one attached hydrogen (secondary N) is 2. The van der Waals surface area contributed by atoms with Gasteiger partial charge < -0.3 is 24.8 Å². The second-order valence-electron chi connectivity index (χ2n) is 5.76. The van der Waals surface area contributed by atoms with Gasteiger partial charge in [-0.1, -0.05) is 24.3 Å². The molecule has 2 N–H and O–H groups in total. The predicted molar refractivity (Wildman–Crippen MR) is 110 cm³/mol. The van der Waals surface area contributed by atoms with Gasteiger partial charge in [0.25, 0.3) is 0 Å². The number of rotatable bonds is 9. The fourth-order valence-electron chi connectivity index (χ4n) is 2.60. The van der Waals surface area contributed by atoms with Crippen molar-refractivity contribution in [2.45, 2.75) is 27.0 Å². The van der Waals surface area contributed by atoms with Crippen LogP contribution >= 0.6 is 0 Å². The van der Waals surface area contributed by atoms with Gasteiger partial charge in [0, 0.05) is 32.0 Å². The van der Waals surface area contributed by atoms with Gasteiger partial charge in [0.1, 0.15) is 0 Å². The van der Waals surface area contributed by atoms with E-state index in [0.29, 0.717) is 43.8 Å². The smallest absolute Gasteiger partial charge is 0.195 e. The van der Waals surface area contributed by atoms with E-state index in [1.165, 1.54) is 11.1 Å². The highest BCUT2D eigenvalue weighted by atomic mass is 16.5. The lowest BCUT2D eigenvalue weighted by molar-refractivity contribution is 0.133. The number of hydrogen-bond acceptors (Lipinski definition) is 4. The quantitative estimate of drug-likeness (QED) is 0.518. The third-order valence-electron chi connectivity index (χ3n) is 3.98. The minimum atomic E-state index is 0.573. The summed E-state index contributed by atoms with van der Waals surface area (Å²) in [6, 6.07) is 13.9. The van der Waals surface area contributed by atoms with E-state index >= 15 is 0 Å². The lowest BCUT2D eigenvalue weighted by Crippen LogP contribution is -2.30. The molecule has 0 aliphatic rings. The van der Waals surface area contributed by atoms with Gasteiger partial charge in [0.2, 0.25) is 0 Å². The summed E-state index contributed by atoms with van der Waals surface area (Å²) in [5, 5.41) is 6.63. The number of hydrogen-bond donors (Lipinski definition) is 2. The molecule has 2 rings (SSSR count). The molecule has 0 bridgehead atoms. The average molecular weight is 371 g/mol. The Labute approximate surface area is 161 Å². The largest absolute Gasteiger partial charge is 0.493 e. The van der Waals surface area contributed by atoms with Gasteiger partial charge in [-0.15, -0.1) is 0 Å². The minimum Gasteiger partial charge on any atom is -0.493 e. The summed E-state index contributed by atoms with van der Waals surface area (Å²) in [5.74, 6) is 2.08. The molecule has 0 unspecified atom stereocenters. The van der Waals surface area contributed by atoms with Crippen LogP contribution in [-0.4, -0.2) is 33.3 Å². The van der Waals surface area contributed by atoms with Crippen molar-refractivity contribution >= 4 is 11.6 Å². The Kier molecular flexibility index (Phi) is 8.45. The molecule has 27 heavy (non-hydrogen) atoms. The normalized spacial score (nSPS) is 11.2. The molecular weight excluding hydrogens is 342 g/mol. The van der Waals surface area contributed by atoms with Crippen molar-refractivity contribution in [1.29, 1.82) is 0 Å². The summed E-state index contributed by atoms with van der Waals surface area (Å²) in [6.07, 6.45) is 0. The van der Waals surface area contributed by atoms with Crippen LogP contribution in [0.3, 0.4) is 0 Å². The standard InChI is InChI=1S/C21H29N3O3/c1-5-26-15-17-10-8-7-9-16(17)14-23-21(22-3)24-18-11-12-19(25-4)20(13-18)27-6-2/h7-13H,5-6,14-15H2,1-4H3,(H2,22,23,24). The second-order valence-corrected chi connectivity index (χ2v) is 5.76. The number of benzene rings is 2. The maximum absolute atomic E-state index is 5.63. The topological polar surface area (TPSA) is 64.1 Å². The van der Waals surface area contributed by atoms with E-state index in [-0.39, 0.29) is 0 Å². The average Bonchev–Trinajstić information content (AvgIpc) is 2.70. The third-order valence-corrected chi connectivity index (χ3v) is 3.98. The maximum atomic E-state index is 5.63. The molecule has 0 aliphatic heterocycles. The van der Waals surface area contributed by atoms with Gasteiger partial charge in [-0.3, -0.25) is 4.99 Å². The third kappa shape index (κ3) is 6.18. The van der Waals surface area contributed by atoms with Gasteiger partial charge in [-0.2, -0.15) is 0 Å². The van der Waals surface area contributed by atoms with Crippen LogP contribution in [0.5, 0.6) is 11.5 Å². The Balaban J connectivity index is 2.04. The zero-order valence-electron chi connectivity index (χ0n) is 16.5. The highest BCUT2D eigenvalue weighted by molar-refractivity contribution is 5.93. The molecule has 0 heterocycles. The number of guanidine groups is 1. The number of nitrogens with zero attached hydrogens (tertiary/aromatic N) is 1. The SMILES string of the molecule is CCOCc1ccccc1CNC(=NC)Nc1ccc(OC)c(OCC)c1. The summed E-state index contributed by atoms with van der Waals surface area (Å²) in [6.45, 7) is 6.47. The van der Waals surface area contributed by atoms with Crippen LogP contribution in [0.1, 0.15) is 25.0 Å². The molecule has 6 nitrogen and oxygen atoms in total. The Bertz CT molecular complexity index is 747. The lowest BCUT2D eigenvalue weighted by atomic mass is 10.1. The summed E-state index contributed by atoms with van der Waals surface area (Å²) >= 11 is 0. The molecule has 0 spiro atoms. The zero-order valence-corrected chi connectivity index (χ0v) is 16.5. The van der Waals surface area contributed by atoms with Gasteiger partial charge in [-0.05, 0) is 37.1 Å². The number of anilines is 1. The van der Waals surface area contributed by atoms with E-state index in [1.807, 2.05) is 44.2 Å².